The van der Waals surface area contributed by atoms with Crippen molar-refractivity contribution >= 4 is 26.0 Å². The van der Waals surface area contributed by atoms with Crippen molar-refractivity contribution in [3.05, 3.63) is 28.7 Å². The SMILES string of the molecule is CC1(C)CCC(NS(=O)(=O)c2ccccc2Br)CC1. The zero-order valence-corrected chi connectivity index (χ0v) is 13.7. The standard InChI is InChI=1S/C14H20BrNO2S/c1-14(2)9-7-11(8-10-14)16-19(17,18)13-6-4-3-5-12(13)15/h3-6,11,16H,7-10H2,1-2H3. The fourth-order valence-corrected chi connectivity index (χ4v) is 4.77. The van der Waals surface area contributed by atoms with Crippen molar-refractivity contribution in [3.63, 3.8) is 0 Å². The molecule has 0 aliphatic heterocycles. The maximum atomic E-state index is 12.3. The number of hydrogen-bond donors (Lipinski definition) is 1. The molecule has 2 rings (SSSR count). The second kappa shape index (κ2) is 5.54. The minimum atomic E-state index is -3.42. The van der Waals surface area contributed by atoms with E-state index in [0.717, 1.165) is 25.7 Å². The summed E-state index contributed by atoms with van der Waals surface area (Å²) in [6.07, 6.45) is 3.96. The summed E-state index contributed by atoms with van der Waals surface area (Å²) < 4.78 is 28.1. The van der Waals surface area contributed by atoms with E-state index < -0.39 is 10.0 Å². The Bertz CT molecular complexity index is 544. The van der Waals surface area contributed by atoms with E-state index in [2.05, 4.69) is 34.5 Å². The quantitative estimate of drug-likeness (QED) is 0.907. The summed E-state index contributed by atoms with van der Waals surface area (Å²) in [6, 6.07) is 6.98. The molecule has 0 unspecified atom stereocenters. The zero-order valence-electron chi connectivity index (χ0n) is 11.3. The Labute approximate surface area is 124 Å². The van der Waals surface area contributed by atoms with Gasteiger partial charge in [0.15, 0.2) is 0 Å². The lowest BCUT2D eigenvalue weighted by Gasteiger charge is -2.34. The van der Waals surface area contributed by atoms with E-state index in [9.17, 15) is 8.42 Å². The van der Waals surface area contributed by atoms with Gasteiger partial charge in [0, 0.05) is 10.5 Å². The van der Waals surface area contributed by atoms with Crippen molar-refractivity contribution in [3.8, 4) is 0 Å². The lowest BCUT2D eigenvalue weighted by Crippen LogP contribution is -2.39. The first kappa shape index (κ1) is 15.0. The largest absolute Gasteiger partial charge is 0.241 e. The molecule has 1 aliphatic carbocycles. The van der Waals surface area contributed by atoms with Crippen LogP contribution in [0, 0.1) is 5.41 Å². The Morgan fingerprint density at radius 1 is 1.21 bits per heavy atom. The van der Waals surface area contributed by atoms with Gasteiger partial charge < -0.3 is 0 Å². The van der Waals surface area contributed by atoms with Gasteiger partial charge in [0.2, 0.25) is 10.0 Å². The highest BCUT2D eigenvalue weighted by molar-refractivity contribution is 9.10. The van der Waals surface area contributed by atoms with E-state index in [1.54, 1.807) is 18.2 Å². The third-order valence-corrected chi connectivity index (χ3v) is 6.32. The van der Waals surface area contributed by atoms with Crippen LogP contribution in [0.5, 0.6) is 0 Å². The summed E-state index contributed by atoms with van der Waals surface area (Å²) in [5.41, 5.74) is 0.343. The van der Waals surface area contributed by atoms with Crippen LogP contribution in [0.1, 0.15) is 39.5 Å². The average molecular weight is 346 g/mol. The predicted octanol–water partition coefficient (Wildman–Crippen LogP) is 3.70. The molecule has 106 valence electrons. The maximum absolute atomic E-state index is 12.3. The van der Waals surface area contributed by atoms with E-state index in [1.807, 2.05) is 6.07 Å². The van der Waals surface area contributed by atoms with Crippen LogP contribution in [-0.2, 0) is 10.0 Å². The normalized spacial score (nSPS) is 20.4. The number of nitrogens with one attached hydrogen (secondary N) is 1. The lowest BCUT2D eigenvalue weighted by molar-refractivity contribution is 0.218. The third-order valence-electron chi connectivity index (χ3n) is 3.79. The second-order valence-electron chi connectivity index (χ2n) is 5.99. The van der Waals surface area contributed by atoms with Crippen LogP contribution in [0.25, 0.3) is 0 Å². The van der Waals surface area contributed by atoms with Crippen LogP contribution in [0.2, 0.25) is 0 Å². The van der Waals surface area contributed by atoms with Crippen LogP contribution in [-0.4, -0.2) is 14.5 Å². The Hall–Kier alpha value is -0.390. The molecule has 3 nitrogen and oxygen atoms in total. The molecule has 0 spiro atoms. The molecule has 0 amide bonds. The minimum absolute atomic E-state index is 0.0603. The number of halogens is 1. The molecule has 0 saturated heterocycles. The van der Waals surface area contributed by atoms with Crippen LogP contribution in [0.15, 0.2) is 33.6 Å². The monoisotopic (exact) mass is 345 g/mol. The van der Waals surface area contributed by atoms with Gasteiger partial charge in [-0.05, 0) is 59.2 Å². The van der Waals surface area contributed by atoms with Gasteiger partial charge >= 0.3 is 0 Å². The van der Waals surface area contributed by atoms with Crippen molar-refractivity contribution in [1.82, 2.24) is 4.72 Å². The zero-order chi connectivity index (χ0) is 14.1. The maximum Gasteiger partial charge on any atom is 0.241 e. The average Bonchev–Trinajstić information content (AvgIpc) is 2.32. The van der Waals surface area contributed by atoms with Gasteiger partial charge in [-0.2, -0.15) is 0 Å². The molecule has 0 aromatic heterocycles. The second-order valence-corrected chi connectivity index (χ2v) is 8.53. The highest BCUT2D eigenvalue weighted by Gasteiger charge is 2.30. The number of sulfonamides is 1. The minimum Gasteiger partial charge on any atom is -0.208 e. The first-order valence-electron chi connectivity index (χ1n) is 6.57. The molecular formula is C14H20BrNO2S. The Morgan fingerprint density at radius 2 is 1.79 bits per heavy atom. The molecule has 0 radical (unpaired) electrons. The molecule has 1 saturated carbocycles. The first-order chi connectivity index (χ1) is 8.80. The summed E-state index contributed by atoms with van der Waals surface area (Å²) in [5.74, 6) is 0. The number of rotatable bonds is 3. The van der Waals surface area contributed by atoms with Crippen molar-refractivity contribution in [2.75, 3.05) is 0 Å². The summed E-state index contributed by atoms with van der Waals surface area (Å²) in [5, 5.41) is 0. The van der Waals surface area contributed by atoms with Gasteiger partial charge in [-0.3, -0.25) is 0 Å². The van der Waals surface area contributed by atoms with E-state index in [-0.39, 0.29) is 6.04 Å². The summed E-state index contributed by atoms with van der Waals surface area (Å²) in [6.45, 7) is 4.48. The molecule has 1 fully saturated rings. The van der Waals surface area contributed by atoms with Crippen LogP contribution < -0.4 is 4.72 Å². The van der Waals surface area contributed by atoms with Crippen molar-refractivity contribution in [2.45, 2.75) is 50.5 Å². The molecule has 1 aromatic carbocycles. The molecule has 1 aromatic rings. The summed E-state index contributed by atoms with van der Waals surface area (Å²) >= 11 is 3.30. The van der Waals surface area contributed by atoms with Crippen LogP contribution in [0.3, 0.4) is 0 Å². The van der Waals surface area contributed by atoms with E-state index in [0.29, 0.717) is 14.8 Å². The van der Waals surface area contributed by atoms with Gasteiger partial charge in [0.05, 0.1) is 4.90 Å². The van der Waals surface area contributed by atoms with Gasteiger partial charge in [-0.1, -0.05) is 26.0 Å². The first-order valence-corrected chi connectivity index (χ1v) is 8.85. The number of hydrogen-bond acceptors (Lipinski definition) is 2. The van der Waals surface area contributed by atoms with E-state index in [1.165, 1.54) is 0 Å². The molecule has 5 heteroatoms. The van der Waals surface area contributed by atoms with E-state index >= 15 is 0 Å². The van der Waals surface area contributed by atoms with Crippen molar-refractivity contribution in [2.24, 2.45) is 5.41 Å². The lowest BCUT2D eigenvalue weighted by atomic mass is 9.76. The molecule has 0 heterocycles. The molecule has 0 bridgehead atoms. The van der Waals surface area contributed by atoms with Gasteiger partial charge in [-0.25, -0.2) is 13.1 Å². The molecule has 1 aliphatic rings. The Morgan fingerprint density at radius 3 is 2.37 bits per heavy atom. The predicted molar refractivity (Wildman–Crippen MR) is 80.5 cm³/mol. The van der Waals surface area contributed by atoms with Crippen LogP contribution >= 0.6 is 15.9 Å². The molecule has 0 atom stereocenters. The fourth-order valence-electron chi connectivity index (χ4n) is 2.46. The topological polar surface area (TPSA) is 46.2 Å². The fraction of sp³-hybridized carbons (Fsp3) is 0.571. The highest BCUT2D eigenvalue weighted by atomic mass is 79.9. The summed E-state index contributed by atoms with van der Waals surface area (Å²) in [7, 11) is -3.42. The van der Waals surface area contributed by atoms with Gasteiger partial charge in [0.25, 0.3) is 0 Å². The summed E-state index contributed by atoms with van der Waals surface area (Å²) in [4.78, 5) is 0.319. The Balaban J connectivity index is 2.09. The Kier molecular flexibility index (Phi) is 4.38. The van der Waals surface area contributed by atoms with E-state index in [4.69, 9.17) is 0 Å². The molecule has 19 heavy (non-hydrogen) atoms. The highest BCUT2D eigenvalue weighted by Crippen LogP contribution is 2.35. The third kappa shape index (κ3) is 3.80. The van der Waals surface area contributed by atoms with Gasteiger partial charge in [-0.15, -0.1) is 0 Å². The van der Waals surface area contributed by atoms with Crippen molar-refractivity contribution < 1.29 is 8.42 Å². The van der Waals surface area contributed by atoms with Gasteiger partial charge in [0.1, 0.15) is 0 Å². The van der Waals surface area contributed by atoms with Crippen molar-refractivity contribution in [1.29, 1.82) is 0 Å². The smallest absolute Gasteiger partial charge is 0.208 e. The van der Waals surface area contributed by atoms with Crippen LogP contribution in [0.4, 0.5) is 0 Å². The molecular weight excluding hydrogens is 326 g/mol. The molecule has 1 N–H and O–H groups in total. The number of benzene rings is 1.